The van der Waals surface area contributed by atoms with Gasteiger partial charge >= 0.3 is 12.1 Å². The summed E-state index contributed by atoms with van der Waals surface area (Å²) in [6.07, 6.45) is -0.156. The number of alkyl halides is 1. The summed E-state index contributed by atoms with van der Waals surface area (Å²) in [6.45, 7) is 5.62. The third-order valence-corrected chi connectivity index (χ3v) is 2.83. The number of hydrogen-bond donors (Lipinski definition) is 1. The number of carboxylic acids is 1. The maximum absolute atomic E-state index is 11.7. The van der Waals surface area contributed by atoms with Gasteiger partial charge in [-0.2, -0.15) is 0 Å². The molecular weight excluding hydrogens is 278 g/mol. The molecule has 1 fully saturated rings. The van der Waals surface area contributed by atoms with E-state index in [1.165, 1.54) is 4.90 Å². The molecule has 0 aromatic heterocycles. The first-order valence-corrected chi connectivity index (χ1v) is 5.99. The standard InChI is InChI=1S/C10H16BrNO4/c1-10(2,3)16-9(15)12-5-6(11)4-7(12)8(13)14/h6-7H,4-5H2,1-3H3,(H,13,14)/t6-,7+/m0/s1. The monoisotopic (exact) mass is 293 g/mol. The van der Waals surface area contributed by atoms with Crippen molar-refractivity contribution in [3.63, 3.8) is 0 Å². The van der Waals surface area contributed by atoms with E-state index in [1.54, 1.807) is 20.8 Å². The van der Waals surface area contributed by atoms with Crippen LogP contribution in [0.1, 0.15) is 27.2 Å². The number of ether oxygens (including phenoxy) is 1. The van der Waals surface area contributed by atoms with Crippen molar-refractivity contribution in [2.75, 3.05) is 6.54 Å². The lowest BCUT2D eigenvalue weighted by molar-refractivity contribution is -0.142. The van der Waals surface area contributed by atoms with Crippen molar-refractivity contribution < 1.29 is 19.4 Å². The van der Waals surface area contributed by atoms with Gasteiger partial charge in [0.1, 0.15) is 11.6 Å². The van der Waals surface area contributed by atoms with Crippen LogP contribution in [0.25, 0.3) is 0 Å². The molecule has 1 amide bonds. The zero-order chi connectivity index (χ0) is 12.5. The molecule has 0 aromatic rings. The van der Waals surface area contributed by atoms with Crippen LogP contribution in [0.4, 0.5) is 4.79 Å². The number of nitrogens with zero attached hydrogens (tertiary/aromatic N) is 1. The molecule has 92 valence electrons. The molecule has 1 saturated heterocycles. The lowest BCUT2D eigenvalue weighted by atomic mass is 10.2. The third kappa shape index (κ3) is 3.37. The molecule has 1 aliphatic heterocycles. The first-order valence-electron chi connectivity index (χ1n) is 5.07. The Morgan fingerprint density at radius 2 is 2.00 bits per heavy atom. The van der Waals surface area contributed by atoms with Crippen LogP contribution in [0, 0.1) is 0 Å². The van der Waals surface area contributed by atoms with Crippen LogP contribution in [-0.4, -0.2) is 45.1 Å². The number of amides is 1. The molecule has 1 heterocycles. The molecule has 6 heteroatoms. The molecule has 0 radical (unpaired) electrons. The van der Waals surface area contributed by atoms with Gasteiger partial charge in [-0.15, -0.1) is 0 Å². The highest BCUT2D eigenvalue weighted by Crippen LogP contribution is 2.25. The molecule has 0 saturated carbocycles. The molecular formula is C10H16BrNO4. The van der Waals surface area contributed by atoms with Gasteiger partial charge in [0.05, 0.1) is 0 Å². The minimum absolute atomic E-state index is 0.0149. The Bertz CT molecular complexity index is 300. The van der Waals surface area contributed by atoms with E-state index in [-0.39, 0.29) is 4.83 Å². The van der Waals surface area contributed by atoms with Crippen LogP contribution >= 0.6 is 15.9 Å². The molecule has 1 aliphatic rings. The third-order valence-electron chi connectivity index (χ3n) is 2.16. The van der Waals surface area contributed by atoms with E-state index in [0.29, 0.717) is 13.0 Å². The van der Waals surface area contributed by atoms with Gasteiger partial charge in [-0.3, -0.25) is 4.90 Å². The second kappa shape index (κ2) is 4.61. The van der Waals surface area contributed by atoms with Gasteiger partial charge in [0.15, 0.2) is 0 Å². The lowest BCUT2D eigenvalue weighted by Gasteiger charge is -2.26. The number of rotatable bonds is 1. The van der Waals surface area contributed by atoms with Crippen molar-refractivity contribution in [1.29, 1.82) is 0 Å². The van der Waals surface area contributed by atoms with Gasteiger partial charge in [-0.25, -0.2) is 9.59 Å². The van der Waals surface area contributed by atoms with E-state index in [2.05, 4.69) is 15.9 Å². The van der Waals surface area contributed by atoms with Crippen LogP contribution in [0.5, 0.6) is 0 Å². The van der Waals surface area contributed by atoms with Crippen molar-refractivity contribution in [2.24, 2.45) is 0 Å². The Balaban J connectivity index is 2.71. The fraction of sp³-hybridized carbons (Fsp3) is 0.800. The van der Waals surface area contributed by atoms with Crippen molar-refractivity contribution in [3.05, 3.63) is 0 Å². The molecule has 1 N–H and O–H groups in total. The molecule has 0 unspecified atom stereocenters. The molecule has 5 nitrogen and oxygen atoms in total. The number of aliphatic carboxylic acids is 1. The summed E-state index contributed by atoms with van der Waals surface area (Å²) in [5.74, 6) is -0.993. The summed E-state index contributed by atoms with van der Waals surface area (Å²) in [5, 5.41) is 8.98. The van der Waals surface area contributed by atoms with Gasteiger partial charge in [-0.1, -0.05) is 15.9 Å². The van der Waals surface area contributed by atoms with Crippen molar-refractivity contribution in [2.45, 2.75) is 43.7 Å². The van der Waals surface area contributed by atoms with E-state index in [9.17, 15) is 9.59 Å². The Morgan fingerprint density at radius 1 is 1.44 bits per heavy atom. The normalized spacial score (nSPS) is 25.6. The van der Waals surface area contributed by atoms with Gasteiger partial charge in [0.25, 0.3) is 0 Å². The molecule has 16 heavy (non-hydrogen) atoms. The molecule has 2 atom stereocenters. The van der Waals surface area contributed by atoms with Crippen LogP contribution in [0.15, 0.2) is 0 Å². The zero-order valence-corrected chi connectivity index (χ0v) is 11.2. The predicted molar refractivity (Wildman–Crippen MR) is 61.7 cm³/mol. The van der Waals surface area contributed by atoms with Crippen molar-refractivity contribution >= 4 is 28.0 Å². The number of halogens is 1. The van der Waals surface area contributed by atoms with E-state index in [0.717, 1.165) is 0 Å². The Hall–Kier alpha value is -0.780. The molecule has 1 rings (SSSR count). The second-order valence-corrected chi connectivity index (χ2v) is 6.11. The van der Waals surface area contributed by atoms with Crippen molar-refractivity contribution in [1.82, 2.24) is 4.90 Å². The summed E-state index contributed by atoms with van der Waals surface area (Å²) in [4.78, 5) is 24.0. The topological polar surface area (TPSA) is 66.8 Å². The van der Waals surface area contributed by atoms with Crippen LogP contribution in [0.3, 0.4) is 0 Å². The quantitative estimate of drug-likeness (QED) is 0.749. The van der Waals surface area contributed by atoms with Gasteiger partial charge in [0, 0.05) is 11.4 Å². The smallest absolute Gasteiger partial charge is 0.411 e. The van der Waals surface area contributed by atoms with Crippen LogP contribution in [-0.2, 0) is 9.53 Å². The van der Waals surface area contributed by atoms with Gasteiger partial charge in [-0.05, 0) is 27.2 Å². The van der Waals surface area contributed by atoms with Crippen LogP contribution < -0.4 is 0 Å². The fourth-order valence-electron chi connectivity index (χ4n) is 1.54. The summed E-state index contributed by atoms with van der Waals surface area (Å²) in [6, 6.07) is -0.792. The first-order chi connectivity index (χ1) is 7.20. The number of carbonyl (C=O) groups is 2. The number of carboxylic acid groups (broad SMARTS) is 1. The largest absolute Gasteiger partial charge is 0.480 e. The number of hydrogen-bond acceptors (Lipinski definition) is 3. The van der Waals surface area contributed by atoms with Crippen LogP contribution in [0.2, 0.25) is 0 Å². The summed E-state index contributed by atoms with van der Waals surface area (Å²) in [5.41, 5.74) is -0.607. The fourth-order valence-corrected chi connectivity index (χ4v) is 2.21. The van der Waals surface area contributed by atoms with Gasteiger partial charge < -0.3 is 9.84 Å². The SMILES string of the molecule is CC(C)(C)OC(=O)N1C[C@@H](Br)C[C@@H]1C(=O)O. The highest BCUT2D eigenvalue weighted by molar-refractivity contribution is 9.09. The molecule has 0 aromatic carbocycles. The maximum atomic E-state index is 11.7. The Morgan fingerprint density at radius 3 is 2.44 bits per heavy atom. The Labute approximate surface area is 103 Å². The average molecular weight is 294 g/mol. The highest BCUT2D eigenvalue weighted by Gasteiger charge is 2.40. The highest BCUT2D eigenvalue weighted by atomic mass is 79.9. The molecule has 0 aliphatic carbocycles. The van der Waals surface area contributed by atoms with E-state index >= 15 is 0 Å². The van der Waals surface area contributed by atoms with Gasteiger partial charge in [0.2, 0.25) is 0 Å². The first kappa shape index (κ1) is 13.3. The zero-order valence-electron chi connectivity index (χ0n) is 9.57. The number of carbonyl (C=O) groups excluding carboxylic acids is 1. The molecule has 0 spiro atoms. The average Bonchev–Trinajstić information content (AvgIpc) is 2.44. The minimum atomic E-state index is -0.993. The summed E-state index contributed by atoms with van der Waals surface area (Å²) >= 11 is 3.32. The van der Waals surface area contributed by atoms with E-state index < -0.39 is 23.7 Å². The lowest BCUT2D eigenvalue weighted by Crippen LogP contribution is -2.43. The maximum Gasteiger partial charge on any atom is 0.411 e. The summed E-state index contributed by atoms with van der Waals surface area (Å²) in [7, 11) is 0. The minimum Gasteiger partial charge on any atom is -0.480 e. The predicted octanol–water partition coefficient (Wildman–Crippen LogP) is 1.84. The van der Waals surface area contributed by atoms with E-state index in [4.69, 9.17) is 9.84 Å². The van der Waals surface area contributed by atoms with E-state index in [1.807, 2.05) is 0 Å². The second-order valence-electron chi connectivity index (χ2n) is 4.82. The summed E-state index contributed by atoms with van der Waals surface area (Å²) < 4.78 is 5.15. The van der Waals surface area contributed by atoms with Crippen molar-refractivity contribution in [3.8, 4) is 0 Å². The Kier molecular flexibility index (Phi) is 3.83. The molecule has 0 bridgehead atoms. The number of likely N-dealkylation sites (tertiary alicyclic amines) is 1.